The molecule has 1 saturated heterocycles. The Bertz CT molecular complexity index is 1350. The van der Waals surface area contributed by atoms with E-state index in [0.717, 1.165) is 65.9 Å². The first-order chi connectivity index (χ1) is 18.2. The summed E-state index contributed by atoms with van der Waals surface area (Å²) in [4.78, 5) is 0. The van der Waals surface area contributed by atoms with Gasteiger partial charge in [0.2, 0.25) is 0 Å². The molecule has 1 aliphatic rings. The minimum atomic E-state index is -1.76. The maximum Gasteiger partial charge on any atom is 0.192 e. The number of fused-ring (bicyclic) bond motifs is 1. The molecule has 2 aromatic heterocycles. The van der Waals surface area contributed by atoms with Crippen molar-refractivity contribution in [3.8, 4) is 17.0 Å². The summed E-state index contributed by atoms with van der Waals surface area (Å²) in [5, 5.41) is 6.40. The Morgan fingerprint density at radius 3 is 2.61 bits per heavy atom. The van der Waals surface area contributed by atoms with E-state index in [1.165, 1.54) is 0 Å². The van der Waals surface area contributed by atoms with Crippen molar-refractivity contribution in [1.29, 1.82) is 0 Å². The minimum absolute atomic E-state index is 0.0313. The number of nitrogens with zero attached hydrogens (tertiary/aromatic N) is 3. The monoisotopic (exact) mass is 531 g/mol. The number of aromatic nitrogens is 3. The van der Waals surface area contributed by atoms with Crippen LogP contribution >= 0.6 is 0 Å². The lowest BCUT2D eigenvalue weighted by molar-refractivity contribution is -0.0365. The molecule has 5 rings (SSSR count). The summed E-state index contributed by atoms with van der Waals surface area (Å²) in [7, 11) is -1.76. The van der Waals surface area contributed by atoms with Crippen LogP contribution in [-0.4, -0.2) is 35.9 Å². The lowest BCUT2D eigenvalue weighted by atomic mass is 10.1. The molecule has 4 aromatic rings. The lowest BCUT2D eigenvalue weighted by Gasteiger charge is -2.36. The highest BCUT2D eigenvalue weighted by atomic mass is 28.4. The smallest absolute Gasteiger partial charge is 0.192 e. The predicted molar refractivity (Wildman–Crippen MR) is 156 cm³/mol. The first-order valence-electron chi connectivity index (χ1n) is 13.8. The van der Waals surface area contributed by atoms with E-state index in [1.54, 1.807) is 0 Å². The average Bonchev–Trinajstić information content (AvgIpc) is 3.52. The van der Waals surface area contributed by atoms with Crippen LogP contribution in [0.15, 0.2) is 67.0 Å². The lowest BCUT2D eigenvalue weighted by Crippen LogP contribution is -2.41. The van der Waals surface area contributed by atoms with Crippen molar-refractivity contribution in [2.45, 2.75) is 77.5 Å². The molecule has 1 aliphatic heterocycles. The first-order valence-corrected chi connectivity index (χ1v) is 16.7. The van der Waals surface area contributed by atoms with Gasteiger partial charge in [-0.1, -0.05) is 51.1 Å². The standard InChI is InChI=1S/C31H41N3O3Si/c1-31(2,3)38(4,5)37-20-18-33-17-16-25(22-33)30-27-21-26(36-23-24-11-7-6-8-12-24)14-15-28(27)34(32-30)29-13-9-10-19-35-29/h6-8,11-12,14-17,21-22,29H,9-10,13,18-20,23H2,1-5H3. The van der Waals surface area contributed by atoms with Gasteiger partial charge in [0.1, 0.15) is 18.1 Å². The van der Waals surface area contributed by atoms with E-state index >= 15 is 0 Å². The van der Waals surface area contributed by atoms with Crippen LogP contribution in [0.25, 0.3) is 22.2 Å². The fraction of sp³-hybridized carbons (Fsp3) is 0.452. The molecule has 0 aliphatic carbocycles. The molecule has 6 nitrogen and oxygen atoms in total. The highest BCUT2D eigenvalue weighted by molar-refractivity contribution is 6.74. The molecule has 0 saturated carbocycles. The molecule has 202 valence electrons. The highest BCUT2D eigenvalue weighted by Crippen LogP contribution is 2.37. The average molecular weight is 532 g/mol. The molecule has 0 amide bonds. The van der Waals surface area contributed by atoms with Crippen molar-refractivity contribution in [3.05, 3.63) is 72.6 Å². The van der Waals surface area contributed by atoms with E-state index < -0.39 is 8.32 Å². The van der Waals surface area contributed by atoms with Crippen LogP contribution in [0.1, 0.15) is 51.8 Å². The second-order valence-corrected chi connectivity index (χ2v) is 16.6. The van der Waals surface area contributed by atoms with Gasteiger partial charge in [-0.05, 0) is 67.2 Å². The molecular formula is C31H41N3O3Si. The maximum atomic E-state index is 6.41. The van der Waals surface area contributed by atoms with Crippen LogP contribution in [0.2, 0.25) is 18.1 Å². The van der Waals surface area contributed by atoms with Crippen molar-refractivity contribution < 1.29 is 13.9 Å². The molecule has 38 heavy (non-hydrogen) atoms. The number of hydrogen-bond acceptors (Lipinski definition) is 4. The quantitative estimate of drug-likeness (QED) is 0.207. The van der Waals surface area contributed by atoms with Crippen LogP contribution in [0.4, 0.5) is 0 Å². The molecule has 0 bridgehead atoms. The third-order valence-corrected chi connectivity index (χ3v) is 12.5. The van der Waals surface area contributed by atoms with E-state index in [4.69, 9.17) is 19.0 Å². The summed E-state index contributed by atoms with van der Waals surface area (Å²) in [5.74, 6) is 0.842. The third kappa shape index (κ3) is 5.90. The van der Waals surface area contributed by atoms with Crippen LogP contribution in [0.5, 0.6) is 5.75 Å². The number of benzene rings is 2. The van der Waals surface area contributed by atoms with E-state index in [-0.39, 0.29) is 11.3 Å². The zero-order chi connectivity index (χ0) is 26.8. The van der Waals surface area contributed by atoms with Crippen LogP contribution in [-0.2, 0) is 22.3 Å². The molecule has 1 fully saturated rings. The fourth-order valence-electron chi connectivity index (χ4n) is 4.64. The molecule has 3 heterocycles. The zero-order valence-corrected chi connectivity index (χ0v) is 24.4. The Labute approximate surface area is 227 Å². The Morgan fingerprint density at radius 1 is 1.05 bits per heavy atom. The van der Waals surface area contributed by atoms with Gasteiger partial charge in [-0.3, -0.25) is 0 Å². The fourth-order valence-corrected chi connectivity index (χ4v) is 5.68. The molecule has 0 radical (unpaired) electrons. The topological polar surface area (TPSA) is 50.4 Å². The summed E-state index contributed by atoms with van der Waals surface area (Å²) in [5.41, 5.74) is 4.28. The van der Waals surface area contributed by atoms with Gasteiger partial charge in [-0.25, -0.2) is 4.68 Å². The molecule has 7 heteroatoms. The van der Waals surface area contributed by atoms with Crippen molar-refractivity contribution in [3.63, 3.8) is 0 Å². The minimum Gasteiger partial charge on any atom is -0.489 e. The van der Waals surface area contributed by atoms with Crippen LogP contribution < -0.4 is 4.74 Å². The van der Waals surface area contributed by atoms with Crippen molar-refractivity contribution in [1.82, 2.24) is 14.3 Å². The van der Waals surface area contributed by atoms with Gasteiger partial charge in [-0.15, -0.1) is 0 Å². The first kappa shape index (κ1) is 26.7. The molecule has 0 spiro atoms. The summed E-state index contributed by atoms with van der Waals surface area (Å²) < 4.78 is 23.0. The molecule has 0 N–H and O–H groups in total. The molecule has 1 unspecified atom stereocenters. The summed E-state index contributed by atoms with van der Waals surface area (Å²) in [6.07, 6.45) is 7.52. The van der Waals surface area contributed by atoms with Gasteiger partial charge in [0.15, 0.2) is 14.5 Å². The van der Waals surface area contributed by atoms with Crippen molar-refractivity contribution >= 4 is 19.2 Å². The van der Waals surface area contributed by atoms with E-state index in [1.807, 2.05) is 24.3 Å². The van der Waals surface area contributed by atoms with E-state index in [0.29, 0.717) is 13.2 Å². The normalized spacial score (nSPS) is 16.7. The summed E-state index contributed by atoms with van der Waals surface area (Å²) >= 11 is 0. The largest absolute Gasteiger partial charge is 0.489 e. The Hall–Kier alpha value is -2.87. The zero-order valence-electron chi connectivity index (χ0n) is 23.4. The Balaban J connectivity index is 1.40. The van der Waals surface area contributed by atoms with Gasteiger partial charge >= 0.3 is 0 Å². The predicted octanol–water partition coefficient (Wildman–Crippen LogP) is 7.80. The highest BCUT2D eigenvalue weighted by Gasteiger charge is 2.36. The number of ether oxygens (including phenoxy) is 2. The van der Waals surface area contributed by atoms with Gasteiger partial charge in [0, 0.05) is 36.5 Å². The van der Waals surface area contributed by atoms with Crippen molar-refractivity contribution in [2.75, 3.05) is 13.2 Å². The number of hydrogen-bond donors (Lipinski definition) is 0. The van der Waals surface area contributed by atoms with Crippen molar-refractivity contribution in [2.24, 2.45) is 0 Å². The van der Waals surface area contributed by atoms with Gasteiger partial charge in [0.05, 0.1) is 12.1 Å². The van der Waals surface area contributed by atoms with E-state index in [9.17, 15) is 0 Å². The second-order valence-electron chi connectivity index (χ2n) is 11.8. The third-order valence-electron chi connectivity index (χ3n) is 8.00. The van der Waals surface area contributed by atoms with Crippen LogP contribution in [0.3, 0.4) is 0 Å². The number of rotatable bonds is 9. The molecule has 1 atom stereocenters. The summed E-state index contributed by atoms with van der Waals surface area (Å²) in [6, 6.07) is 18.7. The Kier molecular flexibility index (Phi) is 7.79. The maximum absolute atomic E-state index is 6.41. The van der Waals surface area contributed by atoms with E-state index in [2.05, 4.69) is 85.8 Å². The molecular weight excluding hydrogens is 490 g/mol. The Morgan fingerprint density at radius 2 is 1.87 bits per heavy atom. The SMILES string of the molecule is CC(C)(C)[Si](C)(C)OCCn1ccc(-c2nn(C3CCCCO3)c3ccc(OCc4ccccc4)cc23)c1. The van der Waals surface area contributed by atoms with Gasteiger partial charge < -0.3 is 18.5 Å². The van der Waals surface area contributed by atoms with Crippen LogP contribution in [0, 0.1) is 0 Å². The van der Waals surface area contributed by atoms with Gasteiger partial charge in [0.25, 0.3) is 0 Å². The van der Waals surface area contributed by atoms with Gasteiger partial charge in [-0.2, -0.15) is 5.10 Å². The summed E-state index contributed by atoms with van der Waals surface area (Å²) in [6.45, 7) is 14.3. The molecule has 2 aromatic carbocycles. The second kappa shape index (κ2) is 11.1.